The van der Waals surface area contributed by atoms with E-state index in [1.54, 1.807) is 0 Å². The summed E-state index contributed by atoms with van der Waals surface area (Å²) < 4.78 is 5.48. The van der Waals surface area contributed by atoms with Crippen molar-refractivity contribution in [3.63, 3.8) is 0 Å². The molecule has 0 spiro atoms. The Bertz CT molecular complexity index is 363. The van der Waals surface area contributed by atoms with Crippen LogP contribution in [0.15, 0.2) is 24.3 Å². The Labute approximate surface area is 96.8 Å². The highest BCUT2D eigenvalue weighted by Crippen LogP contribution is 2.48. The molecule has 0 bridgehead atoms. The third-order valence-corrected chi connectivity index (χ3v) is 4.37. The van der Waals surface area contributed by atoms with E-state index in [1.165, 1.54) is 30.4 Å². The molecule has 16 heavy (non-hydrogen) atoms. The lowest BCUT2D eigenvalue weighted by Crippen LogP contribution is -2.54. The quantitative estimate of drug-likeness (QED) is 0.842. The minimum absolute atomic E-state index is 0.339. The zero-order valence-electron chi connectivity index (χ0n) is 9.61. The van der Waals surface area contributed by atoms with E-state index in [-0.39, 0.29) is 0 Å². The van der Waals surface area contributed by atoms with E-state index in [0.29, 0.717) is 12.0 Å². The molecule has 0 amide bonds. The second kappa shape index (κ2) is 3.86. The molecule has 86 valence electrons. The molecule has 1 heterocycles. The van der Waals surface area contributed by atoms with Crippen LogP contribution < -0.4 is 5.73 Å². The Hall–Kier alpha value is -0.860. The van der Waals surface area contributed by atoms with E-state index in [4.69, 9.17) is 10.5 Å². The van der Waals surface area contributed by atoms with Crippen LogP contribution in [0.5, 0.6) is 0 Å². The SMILES string of the molecule is NCc1ccc(C2(C3CCC3)COC2)cc1. The maximum Gasteiger partial charge on any atom is 0.0588 e. The van der Waals surface area contributed by atoms with Gasteiger partial charge in [0.05, 0.1) is 13.2 Å². The standard InChI is InChI=1S/C14H19NO/c15-8-11-4-6-13(7-5-11)14(9-16-10-14)12-2-1-3-12/h4-7,12H,1-3,8-10,15H2. The molecule has 0 unspecified atom stereocenters. The molecule has 1 aromatic rings. The van der Waals surface area contributed by atoms with Crippen molar-refractivity contribution in [3.8, 4) is 0 Å². The number of hydrogen-bond donors (Lipinski definition) is 1. The fraction of sp³-hybridized carbons (Fsp3) is 0.571. The third-order valence-electron chi connectivity index (χ3n) is 4.37. The minimum atomic E-state index is 0.339. The molecule has 1 aromatic carbocycles. The molecular formula is C14H19NO. The number of ether oxygens (including phenoxy) is 1. The van der Waals surface area contributed by atoms with E-state index < -0.39 is 0 Å². The van der Waals surface area contributed by atoms with Crippen molar-refractivity contribution >= 4 is 0 Å². The molecule has 1 aliphatic carbocycles. The number of benzene rings is 1. The summed E-state index contributed by atoms with van der Waals surface area (Å²) in [5.74, 6) is 0.852. The highest BCUT2D eigenvalue weighted by atomic mass is 16.5. The summed E-state index contributed by atoms with van der Waals surface area (Å²) in [6.45, 7) is 2.46. The van der Waals surface area contributed by atoms with Crippen LogP contribution in [0.25, 0.3) is 0 Å². The number of nitrogens with two attached hydrogens (primary N) is 1. The number of hydrogen-bond acceptors (Lipinski definition) is 2. The lowest BCUT2D eigenvalue weighted by molar-refractivity contribution is -0.107. The summed E-state index contributed by atoms with van der Waals surface area (Å²) in [5, 5.41) is 0. The van der Waals surface area contributed by atoms with Crippen LogP contribution in [0.1, 0.15) is 30.4 Å². The van der Waals surface area contributed by atoms with Crippen LogP contribution in [-0.2, 0) is 16.7 Å². The maximum atomic E-state index is 5.63. The Morgan fingerprint density at radius 2 is 1.88 bits per heavy atom. The zero-order valence-corrected chi connectivity index (χ0v) is 9.61. The third kappa shape index (κ3) is 1.40. The van der Waals surface area contributed by atoms with Crippen LogP contribution in [0, 0.1) is 5.92 Å². The summed E-state index contributed by atoms with van der Waals surface area (Å²) in [6, 6.07) is 8.83. The van der Waals surface area contributed by atoms with Gasteiger partial charge in [-0.3, -0.25) is 0 Å². The van der Waals surface area contributed by atoms with Crippen molar-refractivity contribution in [1.29, 1.82) is 0 Å². The maximum absolute atomic E-state index is 5.63. The van der Waals surface area contributed by atoms with Gasteiger partial charge in [-0.15, -0.1) is 0 Å². The average molecular weight is 217 g/mol. The average Bonchev–Trinajstić information content (AvgIpc) is 2.21. The molecule has 0 radical (unpaired) electrons. The van der Waals surface area contributed by atoms with E-state index in [2.05, 4.69) is 24.3 Å². The first kappa shape index (κ1) is 10.3. The van der Waals surface area contributed by atoms with Gasteiger partial charge in [-0.2, -0.15) is 0 Å². The van der Waals surface area contributed by atoms with Crippen LogP contribution in [-0.4, -0.2) is 13.2 Å². The van der Waals surface area contributed by atoms with E-state index in [9.17, 15) is 0 Å². The second-order valence-electron chi connectivity index (χ2n) is 5.18. The second-order valence-corrected chi connectivity index (χ2v) is 5.18. The predicted octanol–water partition coefficient (Wildman–Crippen LogP) is 2.21. The molecule has 3 rings (SSSR count). The molecule has 2 nitrogen and oxygen atoms in total. The summed E-state index contributed by atoms with van der Waals surface area (Å²) in [6.07, 6.45) is 4.15. The molecule has 2 fully saturated rings. The highest BCUT2D eigenvalue weighted by Gasteiger charge is 2.48. The Balaban J connectivity index is 1.87. The molecule has 2 N–H and O–H groups in total. The van der Waals surface area contributed by atoms with E-state index >= 15 is 0 Å². The topological polar surface area (TPSA) is 35.2 Å². The van der Waals surface area contributed by atoms with Crippen molar-refractivity contribution in [2.24, 2.45) is 11.7 Å². The van der Waals surface area contributed by atoms with Gasteiger partial charge in [0.2, 0.25) is 0 Å². The highest BCUT2D eigenvalue weighted by molar-refractivity contribution is 5.32. The van der Waals surface area contributed by atoms with Crippen molar-refractivity contribution in [3.05, 3.63) is 35.4 Å². The first-order valence-electron chi connectivity index (χ1n) is 6.22. The van der Waals surface area contributed by atoms with Gasteiger partial charge in [0.1, 0.15) is 0 Å². The fourth-order valence-electron chi connectivity index (χ4n) is 2.89. The van der Waals surface area contributed by atoms with Crippen LogP contribution in [0.4, 0.5) is 0 Å². The van der Waals surface area contributed by atoms with Gasteiger partial charge < -0.3 is 10.5 Å². The summed E-state index contributed by atoms with van der Waals surface area (Å²) in [7, 11) is 0. The molecule has 2 aliphatic rings. The lowest BCUT2D eigenvalue weighted by Gasteiger charge is -2.51. The van der Waals surface area contributed by atoms with Crippen molar-refractivity contribution in [1.82, 2.24) is 0 Å². The Kier molecular flexibility index (Phi) is 2.49. The summed E-state index contributed by atoms with van der Waals surface area (Å²) in [5.41, 5.74) is 8.64. The lowest BCUT2D eigenvalue weighted by atomic mass is 9.61. The van der Waals surface area contributed by atoms with E-state index in [0.717, 1.165) is 19.1 Å². The largest absolute Gasteiger partial charge is 0.379 e. The van der Waals surface area contributed by atoms with Crippen molar-refractivity contribution < 1.29 is 4.74 Å². The monoisotopic (exact) mass is 217 g/mol. The Morgan fingerprint density at radius 3 is 2.25 bits per heavy atom. The van der Waals surface area contributed by atoms with E-state index in [1.807, 2.05) is 0 Å². The summed E-state index contributed by atoms with van der Waals surface area (Å²) >= 11 is 0. The zero-order chi connectivity index (χ0) is 11.0. The van der Waals surface area contributed by atoms with Gasteiger partial charge in [-0.05, 0) is 29.9 Å². The van der Waals surface area contributed by atoms with Gasteiger partial charge in [-0.25, -0.2) is 0 Å². The molecule has 0 aromatic heterocycles. The van der Waals surface area contributed by atoms with Crippen LogP contribution in [0.2, 0.25) is 0 Å². The minimum Gasteiger partial charge on any atom is -0.379 e. The van der Waals surface area contributed by atoms with Crippen molar-refractivity contribution in [2.75, 3.05) is 13.2 Å². The Morgan fingerprint density at radius 1 is 1.19 bits per heavy atom. The fourth-order valence-corrected chi connectivity index (χ4v) is 2.89. The normalized spacial score (nSPS) is 23.6. The molecule has 2 heteroatoms. The van der Waals surface area contributed by atoms with Crippen LogP contribution in [0.3, 0.4) is 0 Å². The van der Waals surface area contributed by atoms with Crippen LogP contribution >= 0.6 is 0 Å². The molecule has 0 atom stereocenters. The van der Waals surface area contributed by atoms with Gasteiger partial charge >= 0.3 is 0 Å². The predicted molar refractivity (Wildman–Crippen MR) is 64.2 cm³/mol. The van der Waals surface area contributed by atoms with Gasteiger partial charge in [0.25, 0.3) is 0 Å². The van der Waals surface area contributed by atoms with Crippen molar-refractivity contribution in [2.45, 2.75) is 31.2 Å². The molecule has 1 saturated carbocycles. The molecule has 1 aliphatic heterocycles. The molecular weight excluding hydrogens is 198 g/mol. The number of rotatable bonds is 3. The van der Waals surface area contributed by atoms with Gasteiger partial charge in [0, 0.05) is 12.0 Å². The first-order valence-corrected chi connectivity index (χ1v) is 6.22. The van der Waals surface area contributed by atoms with Gasteiger partial charge in [-0.1, -0.05) is 30.7 Å². The summed E-state index contributed by atoms with van der Waals surface area (Å²) in [4.78, 5) is 0. The van der Waals surface area contributed by atoms with Gasteiger partial charge in [0.15, 0.2) is 0 Å². The molecule has 1 saturated heterocycles. The smallest absolute Gasteiger partial charge is 0.0588 e. The first-order chi connectivity index (χ1) is 7.85.